The average molecular weight is 385 g/mol. The Morgan fingerprint density at radius 2 is 1.82 bits per heavy atom. The van der Waals surface area contributed by atoms with Crippen molar-refractivity contribution in [3.63, 3.8) is 0 Å². The molecule has 0 N–H and O–H groups in total. The Morgan fingerprint density at radius 3 is 2.46 bits per heavy atom. The molecule has 150 valence electrons. The molecule has 3 heteroatoms. The van der Waals surface area contributed by atoms with Crippen molar-refractivity contribution in [1.29, 1.82) is 0 Å². The topological polar surface area (TPSA) is 9.23 Å². The van der Waals surface area contributed by atoms with Gasteiger partial charge in [-0.1, -0.05) is 37.3 Å². The second-order valence-corrected chi connectivity index (χ2v) is 7.72. The van der Waals surface area contributed by atoms with E-state index in [1.165, 1.54) is 6.07 Å². The Bertz CT molecular complexity index is 791. The Morgan fingerprint density at radius 1 is 1.04 bits per heavy atom. The summed E-state index contributed by atoms with van der Waals surface area (Å²) in [6.45, 7) is 6.61. The van der Waals surface area contributed by atoms with Gasteiger partial charge >= 0.3 is 0 Å². The number of ether oxygens (including phenoxy) is 1. The van der Waals surface area contributed by atoms with Crippen molar-refractivity contribution in [2.45, 2.75) is 63.9 Å². The van der Waals surface area contributed by atoms with Crippen LogP contribution in [0.15, 0.2) is 49.1 Å². The van der Waals surface area contributed by atoms with Crippen molar-refractivity contribution in [2.24, 2.45) is 0 Å². The minimum absolute atomic E-state index is 0.224. The number of rotatable bonds is 8. The van der Waals surface area contributed by atoms with E-state index in [1.54, 1.807) is 12.1 Å². The summed E-state index contributed by atoms with van der Waals surface area (Å²) < 4.78 is 35.2. The number of aryl methyl sites for hydroxylation is 1. The first kappa shape index (κ1) is 20.7. The van der Waals surface area contributed by atoms with Gasteiger partial charge in [0, 0.05) is 12.2 Å². The molecule has 0 amide bonds. The smallest absolute Gasteiger partial charge is 0.131 e. The van der Waals surface area contributed by atoms with Crippen LogP contribution in [0.4, 0.5) is 8.78 Å². The Kier molecular flexibility index (Phi) is 7.38. The molecule has 0 saturated heterocycles. The highest BCUT2D eigenvalue weighted by atomic mass is 19.1. The summed E-state index contributed by atoms with van der Waals surface area (Å²) in [7, 11) is 0. The fourth-order valence-electron chi connectivity index (χ4n) is 4.07. The molecule has 0 unspecified atom stereocenters. The van der Waals surface area contributed by atoms with Gasteiger partial charge in [-0.3, -0.25) is 0 Å². The molecular formula is C25H30F2O. The molecule has 3 rings (SSSR count). The quantitative estimate of drug-likeness (QED) is 0.437. The van der Waals surface area contributed by atoms with Gasteiger partial charge in [-0.2, -0.15) is 0 Å². The molecular weight excluding hydrogens is 354 g/mol. The third-order valence-corrected chi connectivity index (χ3v) is 5.65. The summed E-state index contributed by atoms with van der Waals surface area (Å²) in [5, 5.41) is 0. The van der Waals surface area contributed by atoms with Gasteiger partial charge in [0.2, 0.25) is 0 Å². The molecule has 0 atom stereocenters. The van der Waals surface area contributed by atoms with Crippen LogP contribution in [0.2, 0.25) is 0 Å². The van der Waals surface area contributed by atoms with E-state index in [4.69, 9.17) is 4.74 Å². The lowest BCUT2D eigenvalue weighted by Gasteiger charge is -2.29. The van der Waals surface area contributed by atoms with Gasteiger partial charge in [0.05, 0.1) is 6.10 Å². The maximum atomic E-state index is 14.8. The molecule has 0 aliphatic heterocycles. The van der Waals surface area contributed by atoms with Gasteiger partial charge in [0.25, 0.3) is 0 Å². The van der Waals surface area contributed by atoms with E-state index in [1.807, 2.05) is 24.3 Å². The average Bonchev–Trinajstić information content (AvgIpc) is 2.71. The number of benzene rings is 2. The second kappa shape index (κ2) is 9.97. The van der Waals surface area contributed by atoms with Crippen LogP contribution in [-0.2, 0) is 11.2 Å². The fraction of sp³-hybridized carbons (Fsp3) is 0.440. The largest absolute Gasteiger partial charge is 0.378 e. The van der Waals surface area contributed by atoms with Crippen molar-refractivity contribution in [3.8, 4) is 11.1 Å². The van der Waals surface area contributed by atoms with E-state index in [2.05, 4.69) is 13.5 Å². The monoisotopic (exact) mass is 384 g/mol. The van der Waals surface area contributed by atoms with E-state index in [0.717, 1.165) is 62.7 Å². The highest BCUT2D eigenvalue weighted by Crippen LogP contribution is 2.37. The molecule has 0 heterocycles. The maximum absolute atomic E-state index is 14.8. The zero-order chi connectivity index (χ0) is 19.9. The lowest BCUT2D eigenvalue weighted by Crippen LogP contribution is -2.21. The number of hydrogen-bond donors (Lipinski definition) is 0. The van der Waals surface area contributed by atoms with E-state index < -0.39 is 0 Å². The molecule has 1 nitrogen and oxygen atoms in total. The minimum atomic E-state index is -0.303. The summed E-state index contributed by atoms with van der Waals surface area (Å²) in [5.41, 5.74) is 2.72. The third kappa shape index (κ3) is 5.08. The Hall–Kier alpha value is -2.00. The number of allylic oxidation sites excluding steroid dienone is 1. The number of halogens is 2. The molecule has 0 radical (unpaired) electrons. The van der Waals surface area contributed by atoms with Crippen molar-refractivity contribution < 1.29 is 13.5 Å². The third-order valence-electron chi connectivity index (χ3n) is 5.65. The SMILES string of the molecule is C=CCCc1ccc(-c2ccc(C3CCC(OCCC)CC3)c(F)c2)c(F)c1. The van der Waals surface area contributed by atoms with E-state index in [0.29, 0.717) is 17.2 Å². The molecule has 1 fully saturated rings. The first-order valence-electron chi connectivity index (χ1n) is 10.4. The van der Waals surface area contributed by atoms with Crippen LogP contribution in [0, 0.1) is 11.6 Å². The van der Waals surface area contributed by atoms with Gasteiger partial charge < -0.3 is 4.74 Å². The van der Waals surface area contributed by atoms with Gasteiger partial charge in [-0.05, 0) is 79.7 Å². The van der Waals surface area contributed by atoms with E-state index in [9.17, 15) is 8.78 Å². The Labute approximate surface area is 167 Å². The van der Waals surface area contributed by atoms with Crippen molar-refractivity contribution in [2.75, 3.05) is 6.61 Å². The maximum Gasteiger partial charge on any atom is 0.131 e. The summed E-state index contributed by atoms with van der Waals surface area (Å²) in [6, 6.07) is 10.4. The van der Waals surface area contributed by atoms with E-state index >= 15 is 0 Å². The van der Waals surface area contributed by atoms with Crippen LogP contribution in [-0.4, -0.2) is 12.7 Å². The summed E-state index contributed by atoms with van der Waals surface area (Å²) in [4.78, 5) is 0. The molecule has 0 aromatic heterocycles. The molecule has 1 aliphatic carbocycles. The van der Waals surface area contributed by atoms with Gasteiger partial charge in [0.15, 0.2) is 0 Å². The molecule has 1 aliphatic rings. The molecule has 1 saturated carbocycles. The Balaban J connectivity index is 1.70. The lowest BCUT2D eigenvalue weighted by molar-refractivity contribution is 0.0249. The zero-order valence-corrected chi connectivity index (χ0v) is 16.7. The highest BCUT2D eigenvalue weighted by molar-refractivity contribution is 5.65. The van der Waals surface area contributed by atoms with Crippen molar-refractivity contribution in [3.05, 3.63) is 71.8 Å². The molecule has 28 heavy (non-hydrogen) atoms. The van der Waals surface area contributed by atoms with Crippen LogP contribution in [0.25, 0.3) is 11.1 Å². The lowest BCUT2D eigenvalue weighted by atomic mass is 9.82. The van der Waals surface area contributed by atoms with Gasteiger partial charge in [-0.25, -0.2) is 8.78 Å². The molecule has 0 bridgehead atoms. The molecule has 2 aromatic carbocycles. The van der Waals surface area contributed by atoms with Crippen LogP contribution >= 0.6 is 0 Å². The predicted molar refractivity (Wildman–Crippen MR) is 112 cm³/mol. The van der Waals surface area contributed by atoms with Crippen LogP contribution < -0.4 is 0 Å². The van der Waals surface area contributed by atoms with Crippen LogP contribution in [0.1, 0.15) is 62.5 Å². The standard InChI is InChI=1S/C25H30F2O/c1-3-5-6-18-7-13-23(24(26)16-18)20-10-14-22(25(27)17-20)19-8-11-21(12-9-19)28-15-4-2/h3,7,10,13-14,16-17,19,21H,1,4-6,8-9,11-12,15H2,2H3. The van der Waals surface area contributed by atoms with Crippen LogP contribution in [0.5, 0.6) is 0 Å². The first-order valence-corrected chi connectivity index (χ1v) is 10.4. The predicted octanol–water partition coefficient (Wildman–Crippen LogP) is 7.20. The van der Waals surface area contributed by atoms with Crippen molar-refractivity contribution >= 4 is 0 Å². The minimum Gasteiger partial charge on any atom is -0.378 e. The van der Waals surface area contributed by atoms with E-state index in [-0.39, 0.29) is 17.6 Å². The highest BCUT2D eigenvalue weighted by Gasteiger charge is 2.25. The fourth-order valence-corrected chi connectivity index (χ4v) is 4.07. The number of hydrogen-bond acceptors (Lipinski definition) is 1. The van der Waals surface area contributed by atoms with Crippen molar-refractivity contribution in [1.82, 2.24) is 0 Å². The first-order chi connectivity index (χ1) is 13.6. The molecule has 0 spiro atoms. The zero-order valence-electron chi connectivity index (χ0n) is 16.7. The van der Waals surface area contributed by atoms with Gasteiger partial charge in [-0.15, -0.1) is 6.58 Å². The van der Waals surface area contributed by atoms with Crippen LogP contribution in [0.3, 0.4) is 0 Å². The summed E-state index contributed by atoms with van der Waals surface area (Å²) in [6.07, 6.45) is 8.58. The summed E-state index contributed by atoms with van der Waals surface area (Å²) in [5.74, 6) is -0.311. The molecule has 2 aromatic rings. The normalized spacial score (nSPS) is 19.5. The van der Waals surface area contributed by atoms with Gasteiger partial charge in [0.1, 0.15) is 11.6 Å². The summed E-state index contributed by atoms with van der Waals surface area (Å²) >= 11 is 0. The second-order valence-electron chi connectivity index (χ2n) is 7.72.